The molecule has 0 amide bonds. The zero-order valence-corrected chi connectivity index (χ0v) is 12.8. The van der Waals surface area contributed by atoms with Crippen LogP contribution in [0, 0.1) is 0 Å². The molecule has 0 saturated carbocycles. The van der Waals surface area contributed by atoms with Crippen molar-refractivity contribution >= 4 is 0 Å². The van der Waals surface area contributed by atoms with E-state index in [2.05, 4.69) is 10.1 Å². The van der Waals surface area contributed by atoms with Crippen molar-refractivity contribution in [2.24, 2.45) is 5.73 Å². The van der Waals surface area contributed by atoms with Gasteiger partial charge in [-0.2, -0.15) is 4.98 Å². The molecule has 2 rings (SSSR count). The number of hydrogen-bond donors (Lipinski definition) is 1. The number of nitrogens with zero attached hydrogens (tertiary/aromatic N) is 2. The average Bonchev–Trinajstić information content (AvgIpc) is 3.03. The second-order valence-corrected chi connectivity index (χ2v) is 4.82. The number of ether oxygens (including phenoxy) is 2. The van der Waals surface area contributed by atoms with E-state index in [1.54, 1.807) is 14.2 Å². The minimum absolute atomic E-state index is 0.344. The summed E-state index contributed by atoms with van der Waals surface area (Å²) >= 11 is 0. The first-order valence-corrected chi connectivity index (χ1v) is 6.94. The highest BCUT2D eigenvalue weighted by atomic mass is 16.5. The van der Waals surface area contributed by atoms with E-state index in [1.807, 2.05) is 32.0 Å². The highest BCUT2D eigenvalue weighted by Crippen LogP contribution is 2.38. The van der Waals surface area contributed by atoms with Gasteiger partial charge in [0.2, 0.25) is 0 Å². The first-order chi connectivity index (χ1) is 10.1. The van der Waals surface area contributed by atoms with E-state index in [9.17, 15) is 0 Å². The van der Waals surface area contributed by atoms with E-state index < -0.39 is 5.54 Å². The fourth-order valence-electron chi connectivity index (χ4n) is 2.16. The molecule has 0 aliphatic rings. The van der Waals surface area contributed by atoms with Crippen molar-refractivity contribution < 1.29 is 14.0 Å². The van der Waals surface area contributed by atoms with E-state index >= 15 is 0 Å². The number of hydrogen-bond acceptors (Lipinski definition) is 6. The van der Waals surface area contributed by atoms with Gasteiger partial charge >= 0.3 is 0 Å². The first-order valence-electron chi connectivity index (χ1n) is 6.94. The van der Waals surface area contributed by atoms with Gasteiger partial charge in [0.05, 0.1) is 19.8 Å². The summed E-state index contributed by atoms with van der Waals surface area (Å²) in [6.45, 7) is 4.01. The van der Waals surface area contributed by atoms with E-state index in [0.717, 1.165) is 12.8 Å². The highest BCUT2D eigenvalue weighted by molar-refractivity contribution is 5.70. The molecule has 0 unspecified atom stereocenters. The third-order valence-corrected chi connectivity index (χ3v) is 3.77. The normalized spacial score (nSPS) is 11.5. The molecule has 0 aliphatic heterocycles. The van der Waals surface area contributed by atoms with Gasteiger partial charge in [-0.25, -0.2) is 0 Å². The Morgan fingerprint density at radius 2 is 1.71 bits per heavy atom. The Labute approximate surface area is 124 Å². The Hall–Kier alpha value is -2.08. The summed E-state index contributed by atoms with van der Waals surface area (Å²) in [6.07, 6.45) is 1.46. The molecule has 6 heteroatoms. The molecule has 6 nitrogen and oxygen atoms in total. The Bertz CT molecular complexity index is 584. The number of benzene rings is 1. The van der Waals surface area contributed by atoms with Gasteiger partial charge in [0.15, 0.2) is 5.82 Å². The molecule has 0 bridgehead atoms. The molecule has 0 aliphatic carbocycles. The van der Waals surface area contributed by atoms with Gasteiger partial charge in [-0.05, 0) is 25.0 Å². The van der Waals surface area contributed by atoms with Gasteiger partial charge in [0.1, 0.15) is 17.1 Å². The summed E-state index contributed by atoms with van der Waals surface area (Å²) in [5.41, 5.74) is 6.35. The van der Waals surface area contributed by atoms with Gasteiger partial charge < -0.3 is 19.7 Å². The van der Waals surface area contributed by atoms with Crippen LogP contribution in [0.25, 0.3) is 11.5 Å². The van der Waals surface area contributed by atoms with E-state index in [0.29, 0.717) is 28.8 Å². The molecule has 0 saturated heterocycles. The van der Waals surface area contributed by atoms with Crippen LogP contribution >= 0.6 is 0 Å². The van der Waals surface area contributed by atoms with Crippen LogP contribution in [0.2, 0.25) is 0 Å². The van der Waals surface area contributed by atoms with Crippen molar-refractivity contribution in [3.05, 3.63) is 24.0 Å². The SMILES string of the molecule is CCC(N)(CC)c1noc(-c2c(OC)cccc2OC)n1. The molecule has 1 heterocycles. The van der Waals surface area contributed by atoms with Crippen molar-refractivity contribution in [2.75, 3.05) is 14.2 Å². The lowest BCUT2D eigenvalue weighted by molar-refractivity contribution is 0.348. The maximum atomic E-state index is 6.30. The largest absolute Gasteiger partial charge is 0.496 e. The maximum absolute atomic E-state index is 6.30. The second kappa shape index (κ2) is 6.13. The monoisotopic (exact) mass is 291 g/mol. The summed E-state index contributed by atoms with van der Waals surface area (Å²) in [4.78, 5) is 4.45. The van der Waals surface area contributed by atoms with Gasteiger partial charge in [-0.15, -0.1) is 0 Å². The predicted molar refractivity (Wildman–Crippen MR) is 79.3 cm³/mol. The minimum Gasteiger partial charge on any atom is -0.496 e. The van der Waals surface area contributed by atoms with Crippen molar-refractivity contribution in [1.82, 2.24) is 10.1 Å². The molecular formula is C15H21N3O3. The maximum Gasteiger partial charge on any atom is 0.265 e. The Balaban J connectivity index is 2.52. The van der Waals surface area contributed by atoms with E-state index in [1.165, 1.54) is 0 Å². The second-order valence-electron chi connectivity index (χ2n) is 4.82. The molecule has 0 spiro atoms. The number of aromatic nitrogens is 2. The van der Waals surface area contributed by atoms with Crippen molar-refractivity contribution in [3.63, 3.8) is 0 Å². The molecule has 0 atom stereocenters. The summed E-state index contributed by atoms with van der Waals surface area (Å²) in [7, 11) is 3.17. The molecule has 0 fully saturated rings. The summed E-state index contributed by atoms with van der Waals surface area (Å²) in [6, 6.07) is 5.47. The van der Waals surface area contributed by atoms with Crippen LogP contribution in [-0.2, 0) is 5.54 Å². The van der Waals surface area contributed by atoms with Crippen LogP contribution in [0.15, 0.2) is 22.7 Å². The van der Waals surface area contributed by atoms with Gasteiger partial charge in [-0.3, -0.25) is 0 Å². The highest BCUT2D eigenvalue weighted by Gasteiger charge is 2.30. The topological polar surface area (TPSA) is 83.4 Å². The third-order valence-electron chi connectivity index (χ3n) is 3.77. The van der Waals surface area contributed by atoms with Gasteiger partial charge in [-0.1, -0.05) is 25.1 Å². The lowest BCUT2D eigenvalue weighted by Crippen LogP contribution is -2.36. The molecule has 0 radical (unpaired) electrons. The van der Waals surface area contributed by atoms with E-state index in [4.69, 9.17) is 19.7 Å². The smallest absolute Gasteiger partial charge is 0.265 e. The third kappa shape index (κ3) is 2.71. The van der Waals surface area contributed by atoms with Crippen LogP contribution < -0.4 is 15.2 Å². The van der Waals surface area contributed by atoms with Crippen molar-refractivity contribution in [2.45, 2.75) is 32.2 Å². The molecule has 21 heavy (non-hydrogen) atoms. The van der Waals surface area contributed by atoms with Crippen LogP contribution in [0.1, 0.15) is 32.5 Å². The quantitative estimate of drug-likeness (QED) is 0.881. The lowest BCUT2D eigenvalue weighted by atomic mass is 9.93. The summed E-state index contributed by atoms with van der Waals surface area (Å²) < 4.78 is 16.1. The van der Waals surface area contributed by atoms with Gasteiger partial charge in [0, 0.05) is 0 Å². The predicted octanol–water partition coefficient (Wildman–Crippen LogP) is 2.73. The Morgan fingerprint density at radius 3 is 2.19 bits per heavy atom. The van der Waals surface area contributed by atoms with Crippen LogP contribution in [0.5, 0.6) is 11.5 Å². The summed E-state index contributed by atoms with van der Waals surface area (Å²) in [5, 5.41) is 4.03. The van der Waals surface area contributed by atoms with E-state index in [-0.39, 0.29) is 0 Å². The first kappa shape index (κ1) is 15.3. The summed E-state index contributed by atoms with van der Waals surface area (Å²) in [5.74, 6) is 2.06. The number of methoxy groups -OCH3 is 2. The van der Waals surface area contributed by atoms with Crippen LogP contribution in [-0.4, -0.2) is 24.4 Å². The number of nitrogens with two attached hydrogens (primary N) is 1. The van der Waals surface area contributed by atoms with Crippen LogP contribution in [0.4, 0.5) is 0 Å². The average molecular weight is 291 g/mol. The fourth-order valence-corrected chi connectivity index (χ4v) is 2.16. The zero-order valence-electron chi connectivity index (χ0n) is 12.8. The lowest BCUT2D eigenvalue weighted by Gasteiger charge is -2.21. The number of rotatable bonds is 6. The fraction of sp³-hybridized carbons (Fsp3) is 0.467. The van der Waals surface area contributed by atoms with Crippen LogP contribution in [0.3, 0.4) is 0 Å². The molecule has 114 valence electrons. The Kier molecular flexibility index (Phi) is 4.47. The van der Waals surface area contributed by atoms with Crippen molar-refractivity contribution in [3.8, 4) is 23.0 Å². The Morgan fingerprint density at radius 1 is 1.14 bits per heavy atom. The molecule has 2 N–H and O–H groups in total. The molecule has 1 aromatic carbocycles. The molecule has 2 aromatic rings. The van der Waals surface area contributed by atoms with Gasteiger partial charge in [0.25, 0.3) is 5.89 Å². The minimum atomic E-state index is -0.586. The zero-order chi connectivity index (χ0) is 15.5. The molecular weight excluding hydrogens is 270 g/mol. The van der Waals surface area contributed by atoms with Crippen molar-refractivity contribution in [1.29, 1.82) is 0 Å². The molecule has 1 aromatic heterocycles. The standard InChI is InChI=1S/C15H21N3O3/c1-5-15(16,6-2)14-17-13(21-18-14)12-10(19-3)8-7-9-11(12)20-4/h7-9H,5-6,16H2,1-4H3.